The molecule has 15 heteroatoms. The molecule has 5 rings (SSSR count). The zero-order valence-electron chi connectivity index (χ0n) is 24.8. The Balaban J connectivity index is 1.58. The van der Waals surface area contributed by atoms with Crippen LogP contribution < -0.4 is 19.8 Å². The summed E-state index contributed by atoms with van der Waals surface area (Å²) in [5.41, 5.74) is -4.34. The van der Waals surface area contributed by atoms with Crippen LogP contribution in [0.3, 0.4) is 0 Å². The number of hydrogen-bond acceptors (Lipinski definition) is 9. The lowest BCUT2D eigenvalue weighted by Crippen LogP contribution is -2.31. The van der Waals surface area contributed by atoms with Gasteiger partial charge in [0.05, 0.1) is 33.9 Å². The van der Waals surface area contributed by atoms with Gasteiger partial charge in [-0.1, -0.05) is 17.7 Å². The predicted octanol–water partition coefficient (Wildman–Crippen LogP) is 7.47. The van der Waals surface area contributed by atoms with Crippen molar-refractivity contribution in [2.75, 3.05) is 23.3 Å². The van der Waals surface area contributed by atoms with E-state index in [0.29, 0.717) is 34.0 Å². The van der Waals surface area contributed by atoms with Crippen molar-refractivity contribution in [2.45, 2.75) is 51.6 Å². The molecular weight excluding hydrogens is 654 g/mol. The van der Waals surface area contributed by atoms with Crippen LogP contribution in [0.25, 0.3) is 22.2 Å². The summed E-state index contributed by atoms with van der Waals surface area (Å²) >= 11 is 6.14. The van der Waals surface area contributed by atoms with Crippen molar-refractivity contribution >= 4 is 50.5 Å². The first-order valence-corrected chi connectivity index (χ1v) is 16.0. The van der Waals surface area contributed by atoms with Crippen LogP contribution in [0.5, 0.6) is 5.75 Å². The molecule has 244 valence electrons. The summed E-state index contributed by atoms with van der Waals surface area (Å²) < 4.78 is 87.2. The van der Waals surface area contributed by atoms with E-state index >= 15 is 4.39 Å². The zero-order valence-corrected chi connectivity index (χ0v) is 26.4. The van der Waals surface area contributed by atoms with E-state index in [1.807, 2.05) is 13.0 Å². The molecule has 9 nitrogen and oxygen atoms in total. The van der Waals surface area contributed by atoms with Crippen LogP contribution in [-0.4, -0.2) is 38.3 Å². The molecule has 1 N–H and O–H groups in total. The summed E-state index contributed by atoms with van der Waals surface area (Å²) in [6, 6.07) is 7.63. The average Bonchev–Trinajstić information content (AvgIpc) is 3.00. The highest BCUT2D eigenvalue weighted by Gasteiger charge is 2.49. The van der Waals surface area contributed by atoms with E-state index in [4.69, 9.17) is 16.0 Å². The maximum atomic E-state index is 15.1. The minimum absolute atomic E-state index is 0.00478. The standard InChI is InChI=1S/C31H28ClF4N3O6S/c1-16-11-21(29-22(12-16)27(41)17(2)30(44-29)39-9-5-4-6-10-39)18(3)37-24-7-8-25(32)38-26(24)19-13-20(15-40)28(23(33)14-19)45-46(42,43)31(34,35)36/h7-8,11-15,18,37H,4-6,9-10H2,1-3H3. The fraction of sp³-hybridized carbons (Fsp3) is 0.323. The Morgan fingerprint density at radius 3 is 2.46 bits per heavy atom. The Hall–Kier alpha value is -4.17. The fourth-order valence-corrected chi connectivity index (χ4v) is 6.08. The number of aryl methyl sites for hydroxylation is 1. The quantitative estimate of drug-likeness (QED) is 0.0664. The van der Waals surface area contributed by atoms with E-state index in [9.17, 15) is 31.2 Å². The van der Waals surface area contributed by atoms with Gasteiger partial charge < -0.3 is 18.8 Å². The molecule has 0 spiro atoms. The van der Waals surface area contributed by atoms with Crippen molar-refractivity contribution in [1.82, 2.24) is 4.98 Å². The highest BCUT2D eigenvalue weighted by Crippen LogP contribution is 2.38. The Morgan fingerprint density at radius 1 is 1.11 bits per heavy atom. The first-order chi connectivity index (χ1) is 21.6. The summed E-state index contributed by atoms with van der Waals surface area (Å²) in [5, 5.41) is 3.62. The number of pyridine rings is 1. The number of benzene rings is 2. The Morgan fingerprint density at radius 2 is 1.80 bits per heavy atom. The van der Waals surface area contributed by atoms with Crippen LogP contribution in [0.2, 0.25) is 5.15 Å². The molecule has 3 heterocycles. The first-order valence-electron chi connectivity index (χ1n) is 14.2. The summed E-state index contributed by atoms with van der Waals surface area (Å²) in [4.78, 5) is 31.5. The molecule has 1 aliphatic rings. The van der Waals surface area contributed by atoms with Gasteiger partial charge in [-0.3, -0.25) is 9.59 Å². The van der Waals surface area contributed by atoms with Crippen molar-refractivity contribution in [2.24, 2.45) is 0 Å². The second-order valence-electron chi connectivity index (χ2n) is 11.0. The lowest BCUT2D eigenvalue weighted by molar-refractivity contribution is -0.0501. The second kappa shape index (κ2) is 12.6. The molecule has 0 saturated carbocycles. The van der Waals surface area contributed by atoms with E-state index in [1.165, 1.54) is 12.1 Å². The number of aromatic nitrogens is 1. The van der Waals surface area contributed by atoms with Crippen LogP contribution in [0, 0.1) is 19.7 Å². The van der Waals surface area contributed by atoms with Crippen molar-refractivity contribution in [3.8, 4) is 17.0 Å². The summed E-state index contributed by atoms with van der Waals surface area (Å²) in [7, 11) is -6.26. The van der Waals surface area contributed by atoms with Gasteiger partial charge in [-0.15, -0.1) is 0 Å². The molecule has 1 fully saturated rings. The Kier molecular flexibility index (Phi) is 9.06. The van der Waals surface area contributed by atoms with E-state index in [-0.39, 0.29) is 33.8 Å². The topological polar surface area (TPSA) is 119 Å². The molecule has 2 aromatic heterocycles. The molecule has 2 aromatic carbocycles. The SMILES string of the molecule is Cc1cc(C(C)Nc2ccc(Cl)nc2-c2cc(F)c(OS(=O)(=O)C(F)(F)F)c(C=O)c2)c2oc(N3CCCCC3)c(C)c(=O)c2c1. The van der Waals surface area contributed by atoms with Crippen molar-refractivity contribution in [1.29, 1.82) is 0 Å². The lowest BCUT2D eigenvalue weighted by atomic mass is 9.99. The number of fused-ring (bicyclic) bond motifs is 1. The number of hydrogen-bond donors (Lipinski definition) is 1. The highest BCUT2D eigenvalue weighted by molar-refractivity contribution is 7.88. The van der Waals surface area contributed by atoms with E-state index in [1.54, 1.807) is 19.9 Å². The van der Waals surface area contributed by atoms with Gasteiger partial charge >= 0.3 is 15.6 Å². The minimum Gasteiger partial charge on any atom is -0.440 e. The lowest BCUT2D eigenvalue weighted by Gasteiger charge is -2.29. The van der Waals surface area contributed by atoms with Crippen molar-refractivity contribution in [3.63, 3.8) is 0 Å². The number of nitrogens with one attached hydrogen (secondary N) is 1. The number of carbonyl (C=O) groups is 1. The maximum absolute atomic E-state index is 15.1. The van der Waals surface area contributed by atoms with Crippen molar-refractivity contribution < 1.29 is 39.4 Å². The largest absolute Gasteiger partial charge is 0.534 e. The Labute approximate surface area is 266 Å². The van der Waals surface area contributed by atoms with Gasteiger partial charge in [0, 0.05) is 24.2 Å². The van der Waals surface area contributed by atoms with Crippen LogP contribution >= 0.6 is 11.6 Å². The van der Waals surface area contributed by atoms with Gasteiger partial charge in [-0.2, -0.15) is 21.6 Å². The monoisotopic (exact) mass is 681 g/mol. The third-order valence-corrected chi connectivity index (χ3v) is 8.82. The smallest absolute Gasteiger partial charge is 0.440 e. The van der Waals surface area contributed by atoms with Gasteiger partial charge in [-0.25, -0.2) is 9.37 Å². The summed E-state index contributed by atoms with van der Waals surface area (Å²) in [6.07, 6.45) is 3.00. The molecule has 0 aliphatic carbocycles. The van der Waals surface area contributed by atoms with E-state index in [0.717, 1.165) is 44.0 Å². The van der Waals surface area contributed by atoms with Crippen molar-refractivity contribution in [3.05, 3.63) is 79.8 Å². The van der Waals surface area contributed by atoms with Gasteiger partial charge in [0.15, 0.2) is 23.3 Å². The molecule has 1 saturated heterocycles. The second-order valence-corrected chi connectivity index (χ2v) is 12.9. The number of carbonyl (C=O) groups excluding carboxylic acids is 1. The molecule has 1 unspecified atom stereocenters. The number of rotatable bonds is 8. The molecule has 1 atom stereocenters. The number of halogens is 5. The molecule has 0 radical (unpaired) electrons. The molecule has 0 bridgehead atoms. The number of alkyl halides is 3. The third-order valence-electron chi connectivity index (χ3n) is 7.66. The van der Waals surface area contributed by atoms with E-state index < -0.39 is 38.8 Å². The minimum atomic E-state index is -6.26. The van der Waals surface area contributed by atoms with Gasteiger partial charge in [0.25, 0.3) is 0 Å². The molecule has 46 heavy (non-hydrogen) atoms. The number of nitrogens with zero attached hydrogens (tertiary/aromatic N) is 2. The Bertz CT molecular complexity index is 2010. The van der Waals surface area contributed by atoms with Gasteiger partial charge in [0.1, 0.15) is 10.7 Å². The molecule has 0 amide bonds. The van der Waals surface area contributed by atoms with Gasteiger partial charge in [0.2, 0.25) is 5.88 Å². The zero-order chi connectivity index (χ0) is 33.6. The van der Waals surface area contributed by atoms with Gasteiger partial charge in [-0.05, 0) is 75.9 Å². The van der Waals surface area contributed by atoms with Crippen LogP contribution in [-0.2, 0) is 10.1 Å². The highest BCUT2D eigenvalue weighted by atomic mass is 35.5. The number of piperidine rings is 1. The normalized spacial score (nSPS) is 14.7. The molecule has 1 aliphatic heterocycles. The van der Waals surface area contributed by atoms with E-state index in [2.05, 4.69) is 19.4 Å². The number of aldehydes is 1. The summed E-state index contributed by atoms with van der Waals surface area (Å²) in [5.74, 6) is -2.46. The van der Waals surface area contributed by atoms with Crippen LogP contribution in [0.15, 0.2) is 45.6 Å². The average molecular weight is 682 g/mol. The maximum Gasteiger partial charge on any atom is 0.534 e. The number of anilines is 2. The predicted molar refractivity (Wildman–Crippen MR) is 166 cm³/mol. The summed E-state index contributed by atoms with van der Waals surface area (Å²) in [6.45, 7) is 6.89. The fourth-order valence-electron chi connectivity index (χ4n) is 5.44. The van der Waals surface area contributed by atoms with Crippen LogP contribution in [0.1, 0.15) is 59.3 Å². The molecular formula is C31H28ClF4N3O6S. The van der Waals surface area contributed by atoms with Crippen LogP contribution in [0.4, 0.5) is 29.1 Å². The third kappa shape index (κ3) is 6.41. The molecule has 4 aromatic rings. The first kappa shape index (κ1) is 33.2.